The van der Waals surface area contributed by atoms with E-state index in [-0.39, 0.29) is 35.9 Å². The topological polar surface area (TPSA) is 122 Å². The lowest BCUT2D eigenvalue weighted by Crippen LogP contribution is -2.32. The van der Waals surface area contributed by atoms with Gasteiger partial charge in [-0.15, -0.1) is 5.10 Å². The summed E-state index contributed by atoms with van der Waals surface area (Å²) in [5.41, 5.74) is 0.533. The Bertz CT molecular complexity index is 1150. The summed E-state index contributed by atoms with van der Waals surface area (Å²) in [6.45, 7) is 1.34. The molecule has 1 unspecified atom stereocenters. The highest BCUT2D eigenvalue weighted by Gasteiger charge is 2.22. The second-order valence-corrected chi connectivity index (χ2v) is 8.52. The van der Waals surface area contributed by atoms with E-state index in [0.717, 1.165) is 12.8 Å². The molecule has 33 heavy (non-hydrogen) atoms. The minimum Gasteiger partial charge on any atom is -0.467 e. The molecule has 10 nitrogen and oxygen atoms in total. The van der Waals surface area contributed by atoms with E-state index < -0.39 is 0 Å². The first kappa shape index (κ1) is 22.9. The van der Waals surface area contributed by atoms with Gasteiger partial charge in [-0.3, -0.25) is 14.2 Å². The predicted molar refractivity (Wildman–Crippen MR) is 122 cm³/mol. The van der Waals surface area contributed by atoms with Crippen molar-refractivity contribution in [1.82, 2.24) is 20.1 Å². The average Bonchev–Trinajstić information content (AvgIpc) is 3.60. The lowest BCUT2D eigenvalue weighted by Gasteiger charge is -2.20. The molecule has 11 heteroatoms. The zero-order valence-electron chi connectivity index (χ0n) is 18.2. The van der Waals surface area contributed by atoms with E-state index in [0.29, 0.717) is 35.3 Å². The number of hydrogen-bond acceptors (Lipinski definition) is 7. The van der Waals surface area contributed by atoms with E-state index in [1.165, 1.54) is 21.2 Å². The van der Waals surface area contributed by atoms with Gasteiger partial charge in [-0.2, -0.15) is 0 Å². The third kappa shape index (κ3) is 5.55. The van der Waals surface area contributed by atoms with Crippen LogP contribution >= 0.6 is 11.8 Å². The normalized spacial score (nSPS) is 15.5. The zero-order valence-corrected chi connectivity index (χ0v) is 19.0. The molecular formula is C22H25N5O5S. The maximum absolute atomic E-state index is 12.9. The van der Waals surface area contributed by atoms with Crippen LogP contribution in [0.4, 0.5) is 5.69 Å². The number of carbonyl (C=O) groups is 2. The van der Waals surface area contributed by atoms with Crippen molar-refractivity contribution in [1.29, 1.82) is 0 Å². The Morgan fingerprint density at radius 2 is 2.15 bits per heavy atom. The molecule has 0 spiro atoms. The van der Waals surface area contributed by atoms with Crippen LogP contribution in [-0.2, 0) is 22.6 Å². The number of anilines is 1. The Morgan fingerprint density at radius 3 is 2.91 bits per heavy atom. The number of aromatic nitrogens is 3. The Hall–Kier alpha value is -3.31. The largest absolute Gasteiger partial charge is 0.467 e. The minimum atomic E-state index is -0.327. The van der Waals surface area contributed by atoms with Gasteiger partial charge in [0.25, 0.3) is 5.91 Å². The zero-order chi connectivity index (χ0) is 23.2. The molecule has 1 aliphatic heterocycles. The van der Waals surface area contributed by atoms with Crippen LogP contribution in [0.3, 0.4) is 0 Å². The van der Waals surface area contributed by atoms with Crippen molar-refractivity contribution >= 4 is 29.3 Å². The molecule has 1 aromatic carbocycles. The van der Waals surface area contributed by atoms with Crippen molar-refractivity contribution in [3.8, 4) is 0 Å². The molecule has 0 bridgehead atoms. The molecule has 2 aromatic heterocycles. The van der Waals surface area contributed by atoms with Crippen LogP contribution in [0.1, 0.15) is 29.0 Å². The minimum absolute atomic E-state index is 0.0235. The fourth-order valence-electron chi connectivity index (χ4n) is 3.56. The van der Waals surface area contributed by atoms with Gasteiger partial charge < -0.3 is 19.4 Å². The fourth-order valence-corrected chi connectivity index (χ4v) is 4.43. The number of hydrogen-bond donors (Lipinski definition) is 2. The number of carbonyl (C=O) groups excluding carboxylic acids is 2. The Kier molecular flexibility index (Phi) is 7.30. The van der Waals surface area contributed by atoms with Crippen LogP contribution in [0.15, 0.2) is 57.0 Å². The Balaban J connectivity index is 1.40. The molecule has 0 radical (unpaired) electrons. The number of rotatable bonds is 9. The molecule has 4 rings (SSSR count). The maximum atomic E-state index is 12.9. The second kappa shape index (κ2) is 10.5. The first-order valence-electron chi connectivity index (χ1n) is 10.6. The number of nitrogens with one attached hydrogen (secondary N) is 2. The number of amides is 2. The lowest BCUT2D eigenvalue weighted by atomic mass is 10.1. The number of ether oxygens (including phenoxy) is 1. The quantitative estimate of drug-likeness (QED) is 0.458. The highest BCUT2D eigenvalue weighted by atomic mass is 32.2. The first-order valence-corrected chi connectivity index (χ1v) is 11.6. The van der Waals surface area contributed by atoms with Crippen LogP contribution in [0.25, 0.3) is 0 Å². The molecule has 1 aliphatic rings. The smallest absolute Gasteiger partial charge is 0.344 e. The summed E-state index contributed by atoms with van der Waals surface area (Å²) in [5, 5.41) is 9.72. The monoisotopic (exact) mass is 471 g/mol. The molecular weight excluding hydrogens is 446 g/mol. The van der Waals surface area contributed by atoms with Crippen molar-refractivity contribution in [2.24, 2.45) is 0 Å². The van der Waals surface area contributed by atoms with Crippen LogP contribution in [0.2, 0.25) is 0 Å². The third-order valence-corrected chi connectivity index (χ3v) is 6.31. The molecule has 0 aliphatic carbocycles. The summed E-state index contributed by atoms with van der Waals surface area (Å²) >= 11 is 1.17. The summed E-state index contributed by atoms with van der Waals surface area (Å²) < 4.78 is 12.4. The molecule has 3 aromatic rings. The van der Waals surface area contributed by atoms with Gasteiger partial charge in [0.05, 0.1) is 42.5 Å². The van der Waals surface area contributed by atoms with E-state index in [4.69, 9.17) is 9.15 Å². The highest BCUT2D eigenvalue weighted by Crippen LogP contribution is 2.22. The average molecular weight is 472 g/mol. The van der Waals surface area contributed by atoms with Gasteiger partial charge in [-0.05, 0) is 37.1 Å². The van der Waals surface area contributed by atoms with Gasteiger partial charge in [-0.1, -0.05) is 23.9 Å². The highest BCUT2D eigenvalue weighted by molar-refractivity contribution is 7.99. The van der Waals surface area contributed by atoms with Crippen LogP contribution < -0.4 is 15.9 Å². The van der Waals surface area contributed by atoms with Gasteiger partial charge in [0.1, 0.15) is 5.76 Å². The van der Waals surface area contributed by atoms with Crippen molar-refractivity contribution in [2.75, 3.05) is 24.3 Å². The third-order valence-electron chi connectivity index (χ3n) is 5.35. The summed E-state index contributed by atoms with van der Waals surface area (Å²) in [5.74, 6) is 0.140. The number of aromatic amines is 1. The van der Waals surface area contributed by atoms with E-state index in [1.807, 2.05) is 0 Å². The van der Waals surface area contributed by atoms with Crippen LogP contribution in [0.5, 0.6) is 0 Å². The van der Waals surface area contributed by atoms with Crippen molar-refractivity contribution in [3.63, 3.8) is 0 Å². The van der Waals surface area contributed by atoms with E-state index in [1.54, 1.807) is 49.7 Å². The number of H-pyrrole nitrogens is 1. The predicted octanol–water partition coefficient (Wildman–Crippen LogP) is 2.03. The SMILES string of the molecule is CN(C(=O)CSc1n[nH]c(=O)n1CC1CCCO1)c1ccccc1C(=O)NCc1ccco1. The van der Waals surface area contributed by atoms with Gasteiger partial charge in [0.15, 0.2) is 5.16 Å². The van der Waals surface area contributed by atoms with E-state index in [9.17, 15) is 14.4 Å². The van der Waals surface area contributed by atoms with Crippen molar-refractivity contribution in [3.05, 3.63) is 64.5 Å². The van der Waals surface area contributed by atoms with Gasteiger partial charge in [0.2, 0.25) is 5.91 Å². The van der Waals surface area contributed by atoms with E-state index >= 15 is 0 Å². The van der Waals surface area contributed by atoms with Crippen LogP contribution in [0, 0.1) is 0 Å². The Labute approximate surface area is 194 Å². The summed E-state index contributed by atoms with van der Waals surface area (Å²) in [6, 6.07) is 10.4. The van der Waals surface area contributed by atoms with Crippen molar-refractivity contribution in [2.45, 2.75) is 37.2 Å². The number of para-hydroxylation sites is 1. The standard InChI is InChI=1S/C22H25N5O5S/c1-26(18-9-3-2-8-17(18)20(29)23-12-15-6-4-10-31-15)19(28)14-33-22-25-24-21(30)27(22)13-16-7-5-11-32-16/h2-4,6,8-10,16H,5,7,11-14H2,1H3,(H,23,29)(H,24,30). The number of benzene rings is 1. The molecule has 2 amide bonds. The second-order valence-electron chi connectivity index (χ2n) is 7.58. The number of thioether (sulfide) groups is 1. The maximum Gasteiger partial charge on any atom is 0.344 e. The van der Waals surface area contributed by atoms with Gasteiger partial charge >= 0.3 is 5.69 Å². The van der Waals surface area contributed by atoms with Gasteiger partial charge in [0, 0.05) is 13.7 Å². The molecule has 1 atom stereocenters. The first-order chi connectivity index (χ1) is 16.0. The number of furan rings is 1. The summed E-state index contributed by atoms with van der Waals surface area (Å²) in [4.78, 5) is 39.2. The Morgan fingerprint density at radius 1 is 1.30 bits per heavy atom. The van der Waals surface area contributed by atoms with Gasteiger partial charge in [-0.25, -0.2) is 9.89 Å². The van der Waals surface area contributed by atoms with Crippen molar-refractivity contribution < 1.29 is 18.7 Å². The summed E-state index contributed by atoms with van der Waals surface area (Å²) in [6.07, 6.45) is 3.38. The molecule has 3 heterocycles. The molecule has 0 saturated carbocycles. The number of nitrogens with zero attached hydrogens (tertiary/aromatic N) is 3. The molecule has 174 valence electrons. The van der Waals surface area contributed by atoms with Crippen LogP contribution in [-0.4, -0.2) is 52.1 Å². The molecule has 1 saturated heterocycles. The fraction of sp³-hybridized carbons (Fsp3) is 0.364. The molecule has 2 N–H and O–H groups in total. The van der Waals surface area contributed by atoms with E-state index in [2.05, 4.69) is 15.5 Å². The lowest BCUT2D eigenvalue weighted by molar-refractivity contribution is -0.115. The molecule has 1 fully saturated rings. The summed E-state index contributed by atoms with van der Waals surface area (Å²) in [7, 11) is 1.62.